The molecule has 9 nitrogen and oxygen atoms in total. The van der Waals surface area contributed by atoms with Crippen molar-refractivity contribution in [2.24, 2.45) is 5.92 Å². The van der Waals surface area contributed by atoms with Crippen LogP contribution in [0.3, 0.4) is 0 Å². The SMILES string of the molecule is O=C(S)CC(C(=O)C(=O)OCc1ccc(Br)cc1)[C@H]1NC(=O)[C@@H]1NC(=O)COc1ccccc1. The summed E-state index contributed by atoms with van der Waals surface area (Å²) in [5.41, 5.74) is 0.659. The van der Waals surface area contributed by atoms with Crippen molar-refractivity contribution in [2.75, 3.05) is 6.61 Å². The van der Waals surface area contributed by atoms with Crippen molar-refractivity contribution in [1.29, 1.82) is 0 Å². The van der Waals surface area contributed by atoms with Crippen LogP contribution >= 0.6 is 28.6 Å². The van der Waals surface area contributed by atoms with E-state index >= 15 is 0 Å². The van der Waals surface area contributed by atoms with Gasteiger partial charge in [0.25, 0.3) is 5.91 Å². The number of Topliss-reactive ketones (excluding diaryl/α,β-unsaturated/α-hetero) is 1. The van der Waals surface area contributed by atoms with Crippen molar-refractivity contribution in [1.82, 2.24) is 10.6 Å². The van der Waals surface area contributed by atoms with Crippen molar-refractivity contribution in [3.05, 3.63) is 64.6 Å². The third-order valence-electron chi connectivity index (χ3n) is 5.03. The average Bonchev–Trinajstić information content (AvgIpc) is 2.82. The van der Waals surface area contributed by atoms with Gasteiger partial charge in [-0.25, -0.2) is 4.79 Å². The Hall–Kier alpha value is -3.18. The summed E-state index contributed by atoms with van der Waals surface area (Å²) in [6, 6.07) is 13.4. The number of thiol groups is 1. The Bertz CT molecular complexity index is 1080. The summed E-state index contributed by atoms with van der Waals surface area (Å²) in [6.45, 7) is -0.507. The van der Waals surface area contributed by atoms with Crippen LogP contribution < -0.4 is 15.4 Å². The third kappa shape index (κ3) is 6.91. The minimum Gasteiger partial charge on any atom is -0.484 e. The van der Waals surface area contributed by atoms with Gasteiger partial charge in [-0.05, 0) is 29.8 Å². The molecule has 1 aliphatic heterocycles. The van der Waals surface area contributed by atoms with E-state index in [0.717, 1.165) is 4.47 Å². The lowest BCUT2D eigenvalue weighted by atomic mass is 9.82. The van der Waals surface area contributed by atoms with Crippen LogP contribution in [0.2, 0.25) is 0 Å². The largest absolute Gasteiger partial charge is 0.484 e. The number of halogens is 1. The highest BCUT2D eigenvalue weighted by Gasteiger charge is 2.49. The maximum Gasteiger partial charge on any atom is 0.375 e. The van der Waals surface area contributed by atoms with Gasteiger partial charge in [0.1, 0.15) is 18.4 Å². The zero-order valence-corrected chi connectivity index (χ0v) is 20.2. The second-order valence-corrected chi connectivity index (χ2v) is 8.87. The summed E-state index contributed by atoms with van der Waals surface area (Å²) in [7, 11) is 0. The molecule has 0 bridgehead atoms. The number of ether oxygens (including phenoxy) is 2. The van der Waals surface area contributed by atoms with Crippen molar-refractivity contribution in [3.8, 4) is 5.75 Å². The lowest BCUT2D eigenvalue weighted by Gasteiger charge is -2.40. The number of carbonyl (C=O) groups excluding carboxylic acids is 5. The van der Waals surface area contributed by atoms with E-state index in [-0.39, 0.29) is 13.2 Å². The Morgan fingerprint density at radius 1 is 1.06 bits per heavy atom. The summed E-state index contributed by atoms with van der Waals surface area (Å²) in [6.07, 6.45) is -0.423. The van der Waals surface area contributed by atoms with E-state index in [4.69, 9.17) is 9.47 Å². The zero-order chi connectivity index (χ0) is 24.7. The molecule has 1 unspecified atom stereocenters. The first kappa shape index (κ1) is 25.4. The van der Waals surface area contributed by atoms with E-state index < -0.39 is 53.1 Å². The van der Waals surface area contributed by atoms with Gasteiger partial charge in [0.15, 0.2) is 11.7 Å². The molecule has 1 fully saturated rings. The fourth-order valence-corrected chi connectivity index (χ4v) is 3.76. The van der Waals surface area contributed by atoms with E-state index in [9.17, 15) is 24.0 Å². The number of nitrogens with one attached hydrogen (secondary N) is 2. The molecule has 2 aromatic carbocycles. The van der Waals surface area contributed by atoms with E-state index in [2.05, 4.69) is 39.2 Å². The number of ketones is 1. The Morgan fingerprint density at radius 2 is 1.74 bits per heavy atom. The highest BCUT2D eigenvalue weighted by molar-refractivity contribution is 9.10. The highest BCUT2D eigenvalue weighted by Crippen LogP contribution is 2.23. The van der Waals surface area contributed by atoms with Gasteiger partial charge in [-0.2, -0.15) is 0 Å². The fourth-order valence-electron chi connectivity index (χ4n) is 3.30. The number of esters is 1. The standard InChI is InChI=1S/C23H21BrN2O7S/c24-14-8-6-13(7-9-14)11-33-23(31)21(29)16(10-18(28)34)19-20(22(30)26-19)25-17(27)12-32-15-4-2-1-3-5-15/h1-9,16,19-20H,10-12H2,(H,25,27)(H,26,30)(H,28,34)/t16?,19-,20-/m1/s1. The van der Waals surface area contributed by atoms with Gasteiger partial charge in [-0.15, -0.1) is 12.6 Å². The predicted molar refractivity (Wildman–Crippen MR) is 127 cm³/mol. The maximum absolute atomic E-state index is 12.8. The molecule has 0 spiro atoms. The van der Waals surface area contributed by atoms with Crippen molar-refractivity contribution >= 4 is 57.2 Å². The van der Waals surface area contributed by atoms with Crippen LogP contribution in [-0.4, -0.2) is 47.4 Å². The van der Waals surface area contributed by atoms with Gasteiger partial charge in [-0.1, -0.05) is 46.3 Å². The monoisotopic (exact) mass is 548 g/mol. The fraction of sp³-hybridized carbons (Fsp3) is 0.261. The average molecular weight is 549 g/mol. The molecule has 2 aromatic rings. The Kier molecular flexibility index (Phi) is 8.83. The van der Waals surface area contributed by atoms with E-state index in [0.29, 0.717) is 11.3 Å². The van der Waals surface area contributed by atoms with Gasteiger partial charge in [-0.3, -0.25) is 19.2 Å². The molecule has 0 aliphatic carbocycles. The lowest BCUT2D eigenvalue weighted by molar-refractivity contribution is -0.159. The first-order valence-corrected chi connectivity index (χ1v) is 11.4. The molecule has 11 heteroatoms. The van der Waals surface area contributed by atoms with E-state index in [1.807, 2.05) is 0 Å². The maximum atomic E-state index is 12.8. The number of para-hydroxylation sites is 1. The summed E-state index contributed by atoms with van der Waals surface area (Å²) in [4.78, 5) is 61.1. The molecule has 0 radical (unpaired) electrons. The van der Waals surface area contributed by atoms with Gasteiger partial charge >= 0.3 is 5.97 Å². The molecule has 3 rings (SSSR count). The third-order valence-corrected chi connectivity index (χ3v) is 5.74. The van der Waals surface area contributed by atoms with Crippen LogP contribution in [-0.2, 0) is 35.3 Å². The summed E-state index contributed by atoms with van der Waals surface area (Å²) in [5.74, 6) is -4.08. The number of amides is 2. The first-order chi connectivity index (χ1) is 16.2. The van der Waals surface area contributed by atoms with Crippen molar-refractivity contribution < 1.29 is 33.4 Å². The number of hydrogen-bond donors (Lipinski definition) is 3. The number of rotatable bonds is 11. The molecule has 34 heavy (non-hydrogen) atoms. The topological polar surface area (TPSA) is 128 Å². The Labute approximate surface area is 209 Å². The van der Waals surface area contributed by atoms with E-state index in [1.165, 1.54) is 0 Å². The number of β-lactam (4-membered cyclic amide) rings is 1. The number of hydrogen-bond acceptors (Lipinski definition) is 7. The second-order valence-electron chi connectivity index (χ2n) is 7.45. The predicted octanol–water partition coefficient (Wildman–Crippen LogP) is 1.59. The zero-order valence-electron chi connectivity index (χ0n) is 17.7. The number of carbonyl (C=O) groups is 5. The summed E-state index contributed by atoms with van der Waals surface area (Å²) >= 11 is 7.00. The molecule has 0 aromatic heterocycles. The van der Waals surface area contributed by atoms with Gasteiger partial charge < -0.3 is 20.1 Å². The van der Waals surface area contributed by atoms with E-state index in [1.54, 1.807) is 54.6 Å². The van der Waals surface area contributed by atoms with Crippen LogP contribution in [0.25, 0.3) is 0 Å². The second kappa shape index (κ2) is 11.8. The van der Waals surface area contributed by atoms with Crippen LogP contribution in [0.4, 0.5) is 0 Å². The minimum absolute atomic E-state index is 0.145. The molecular formula is C23H21BrN2O7S. The smallest absolute Gasteiger partial charge is 0.375 e. The van der Waals surface area contributed by atoms with Gasteiger partial charge in [0, 0.05) is 10.9 Å². The molecule has 3 atom stereocenters. The van der Waals surface area contributed by atoms with Crippen molar-refractivity contribution in [3.63, 3.8) is 0 Å². The van der Waals surface area contributed by atoms with Crippen molar-refractivity contribution in [2.45, 2.75) is 25.1 Å². The Morgan fingerprint density at radius 3 is 2.35 bits per heavy atom. The molecule has 1 heterocycles. The van der Waals surface area contributed by atoms with Crippen LogP contribution in [0.15, 0.2) is 59.1 Å². The molecule has 1 saturated heterocycles. The number of benzene rings is 2. The highest BCUT2D eigenvalue weighted by atomic mass is 79.9. The van der Waals surface area contributed by atoms with Gasteiger partial charge in [0.2, 0.25) is 11.7 Å². The quantitative estimate of drug-likeness (QED) is 0.168. The normalized spacial score (nSPS) is 17.5. The van der Waals surface area contributed by atoms with Crippen LogP contribution in [0.1, 0.15) is 12.0 Å². The molecular weight excluding hydrogens is 528 g/mol. The molecule has 0 saturated carbocycles. The van der Waals surface area contributed by atoms with Crippen LogP contribution in [0.5, 0.6) is 5.75 Å². The molecule has 178 valence electrons. The summed E-state index contributed by atoms with van der Waals surface area (Å²) in [5, 5.41) is 4.30. The van der Waals surface area contributed by atoms with Crippen LogP contribution in [0, 0.1) is 5.92 Å². The first-order valence-electron chi connectivity index (χ1n) is 10.2. The minimum atomic E-state index is -1.25. The Balaban J connectivity index is 1.60. The molecule has 2 N–H and O–H groups in total. The summed E-state index contributed by atoms with van der Waals surface area (Å²) < 4.78 is 11.3. The molecule has 1 aliphatic rings. The van der Waals surface area contributed by atoms with Gasteiger partial charge in [0.05, 0.1) is 12.0 Å². The molecule has 2 amide bonds. The lowest BCUT2D eigenvalue weighted by Crippen LogP contribution is -2.73.